The first-order valence-corrected chi connectivity index (χ1v) is 7.61. The zero-order valence-corrected chi connectivity index (χ0v) is 13.0. The lowest BCUT2D eigenvalue weighted by Gasteiger charge is -2.39. The molecule has 0 unspecified atom stereocenters. The molecule has 112 valence electrons. The Balaban J connectivity index is 2.31. The third-order valence-corrected chi connectivity index (χ3v) is 4.29. The van der Waals surface area contributed by atoms with Crippen molar-refractivity contribution < 1.29 is 4.79 Å². The SMILES string of the molecule is CC[C@H](C)NC(=O)[C@H]1C[C@H](C)N(CC#N)c2ccccc21. The Morgan fingerprint density at radius 1 is 1.52 bits per heavy atom. The summed E-state index contributed by atoms with van der Waals surface area (Å²) in [4.78, 5) is 14.6. The Morgan fingerprint density at radius 2 is 2.24 bits per heavy atom. The number of anilines is 1. The first-order valence-electron chi connectivity index (χ1n) is 7.61. The summed E-state index contributed by atoms with van der Waals surface area (Å²) < 4.78 is 0. The molecular formula is C17H23N3O. The van der Waals surface area contributed by atoms with Gasteiger partial charge in [0.25, 0.3) is 0 Å². The molecule has 2 rings (SSSR count). The molecule has 1 aliphatic rings. The molecule has 21 heavy (non-hydrogen) atoms. The zero-order valence-electron chi connectivity index (χ0n) is 13.0. The number of carbonyl (C=O) groups excluding carboxylic acids is 1. The minimum absolute atomic E-state index is 0.0975. The van der Waals surface area contributed by atoms with Gasteiger partial charge in [-0.15, -0.1) is 0 Å². The van der Waals surface area contributed by atoms with Crippen LogP contribution in [0, 0.1) is 11.3 Å². The van der Waals surface area contributed by atoms with E-state index >= 15 is 0 Å². The predicted molar refractivity (Wildman–Crippen MR) is 84.1 cm³/mol. The number of para-hydroxylation sites is 1. The quantitative estimate of drug-likeness (QED) is 0.865. The number of benzene rings is 1. The van der Waals surface area contributed by atoms with E-state index in [0.717, 1.165) is 24.1 Å². The van der Waals surface area contributed by atoms with Crippen LogP contribution in [0.1, 0.15) is 45.1 Å². The molecule has 1 N–H and O–H groups in total. The van der Waals surface area contributed by atoms with Gasteiger partial charge in [0, 0.05) is 17.8 Å². The van der Waals surface area contributed by atoms with Crippen LogP contribution in [-0.4, -0.2) is 24.5 Å². The lowest BCUT2D eigenvalue weighted by Crippen LogP contribution is -2.44. The molecule has 0 saturated heterocycles. The second kappa shape index (κ2) is 6.62. The van der Waals surface area contributed by atoms with E-state index in [-0.39, 0.29) is 23.9 Å². The van der Waals surface area contributed by atoms with E-state index in [1.54, 1.807) is 0 Å². The summed E-state index contributed by atoms with van der Waals surface area (Å²) in [5, 5.41) is 12.1. The third-order valence-electron chi connectivity index (χ3n) is 4.29. The van der Waals surface area contributed by atoms with E-state index < -0.39 is 0 Å². The van der Waals surface area contributed by atoms with Crippen LogP contribution in [0.3, 0.4) is 0 Å². The fourth-order valence-corrected chi connectivity index (χ4v) is 2.89. The summed E-state index contributed by atoms with van der Waals surface area (Å²) in [5.74, 6) is -0.0274. The minimum Gasteiger partial charge on any atom is -0.355 e. The molecule has 4 heteroatoms. The topological polar surface area (TPSA) is 56.1 Å². The van der Waals surface area contributed by atoms with Gasteiger partial charge in [-0.3, -0.25) is 4.79 Å². The summed E-state index contributed by atoms with van der Waals surface area (Å²) in [6, 6.07) is 10.5. The van der Waals surface area contributed by atoms with Gasteiger partial charge in [0.05, 0.1) is 12.0 Å². The van der Waals surface area contributed by atoms with E-state index in [1.807, 2.05) is 31.2 Å². The first kappa shape index (κ1) is 15.4. The molecule has 0 aliphatic carbocycles. The molecule has 1 aliphatic heterocycles. The highest BCUT2D eigenvalue weighted by Crippen LogP contribution is 2.38. The normalized spacial score (nSPS) is 22.1. The molecule has 1 aromatic rings. The van der Waals surface area contributed by atoms with Gasteiger partial charge < -0.3 is 10.2 Å². The summed E-state index contributed by atoms with van der Waals surface area (Å²) in [6.07, 6.45) is 1.68. The molecule has 1 aromatic carbocycles. The molecule has 3 atom stereocenters. The van der Waals surface area contributed by atoms with Crippen molar-refractivity contribution in [2.45, 2.75) is 51.6 Å². The van der Waals surface area contributed by atoms with Crippen LogP contribution in [0.15, 0.2) is 24.3 Å². The van der Waals surface area contributed by atoms with Crippen LogP contribution in [0.2, 0.25) is 0 Å². The number of fused-ring (bicyclic) bond motifs is 1. The highest BCUT2D eigenvalue weighted by molar-refractivity contribution is 5.87. The minimum atomic E-state index is -0.125. The molecule has 0 aromatic heterocycles. The zero-order chi connectivity index (χ0) is 15.4. The lowest BCUT2D eigenvalue weighted by atomic mass is 9.85. The molecule has 0 spiro atoms. The number of amides is 1. The number of nitrogens with zero attached hydrogens (tertiary/aromatic N) is 2. The molecule has 1 heterocycles. The van der Waals surface area contributed by atoms with Gasteiger partial charge in [-0.25, -0.2) is 0 Å². The van der Waals surface area contributed by atoms with E-state index in [2.05, 4.69) is 30.1 Å². The summed E-state index contributed by atoms with van der Waals surface area (Å²) in [5.41, 5.74) is 2.05. The molecule has 0 fully saturated rings. The number of rotatable bonds is 4. The molecule has 0 radical (unpaired) electrons. The highest BCUT2D eigenvalue weighted by atomic mass is 16.1. The number of nitrogens with one attached hydrogen (secondary N) is 1. The fourth-order valence-electron chi connectivity index (χ4n) is 2.89. The maximum atomic E-state index is 12.5. The number of carbonyl (C=O) groups is 1. The van der Waals surface area contributed by atoms with Crippen molar-refractivity contribution in [3.8, 4) is 6.07 Å². The van der Waals surface area contributed by atoms with Gasteiger partial charge in [0.15, 0.2) is 0 Å². The van der Waals surface area contributed by atoms with Crippen LogP contribution in [0.4, 0.5) is 5.69 Å². The van der Waals surface area contributed by atoms with E-state index in [1.165, 1.54) is 0 Å². The van der Waals surface area contributed by atoms with Crippen LogP contribution in [0.5, 0.6) is 0 Å². The van der Waals surface area contributed by atoms with Crippen LogP contribution < -0.4 is 10.2 Å². The summed E-state index contributed by atoms with van der Waals surface area (Å²) >= 11 is 0. The van der Waals surface area contributed by atoms with Crippen LogP contribution >= 0.6 is 0 Å². The number of hydrogen-bond acceptors (Lipinski definition) is 3. The monoisotopic (exact) mass is 285 g/mol. The van der Waals surface area contributed by atoms with Gasteiger partial charge in [-0.1, -0.05) is 25.1 Å². The highest BCUT2D eigenvalue weighted by Gasteiger charge is 2.34. The molecule has 4 nitrogen and oxygen atoms in total. The Morgan fingerprint density at radius 3 is 2.90 bits per heavy atom. The van der Waals surface area contributed by atoms with Crippen molar-refractivity contribution in [2.24, 2.45) is 0 Å². The van der Waals surface area contributed by atoms with Crippen molar-refractivity contribution >= 4 is 11.6 Å². The average Bonchev–Trinajstić information content (AvgIpc) is 2.49. The Kier molecular flexibility index (Phi) is 4.85. The average molecular weight is 285 g/mol. The second-order valence-corrected chi connectivity index (χ2v) is 5.80. The Bertz CT molecular complexity index is 549. The van der Waals surface area contributed by atoms with E-state index in [9.17, 15) is 4.79 Å². The maximum Gasteiger partial charge on any atom is 0.227 e. The Hall–Kier alpha value is -2.02. The van der Waals surface area contributed by atoms with Crippen LogP contribution in [0.25, 0.3) is 0 Å². The van der Waals surface area contributed by atoms with Gasteiger partial charge in [-0.05, 0) is 38.3 Å². The largest absolute Gasteiger partial charge is 0.355 e. The Labute approximate surface area is 126 Å². The number of nitriles is 1. The van der Waals surface area contributed by atoms with Crippen molar-refractivity contribution in [1.82, 2.24) is 5.32 Å². The first-order chi connectivity index (χ1) is 10.1. The van der Waals surface area contributed by atoms with Crippen molar-refractivity contribution in [3.63, 3.8) is 0 Å². The van der Waals surface area contributed by atoms with Gasteiger partial charge in [0.2, 0.25) is 5.91 Å². The predicted octanol–water partition coefficient (Wildman–Crippen LogP) is 2.81. The lowest BCUT2D eigenvalue weighted by molar-refractivity contribution is -0.123. The van der Waals surface area contributed by atoms with Crippen molar-refractivity contribution in [2.75, 3.05) is 11.4 Å². The second-order valence-electron chi connectivity index (χ2n) is 5.80. The molecule has 1 amide bonds. The van der Waals surface area contributed by atoms with Crippen LogP contribution in [-0.2, 0) is 4.79 Å². The number of hydrogen-bond donors (Lipinski definition) is 1. The van der Waals surface area contributed by atoms with Crippen molar-refractivity contribution in [1.29, 1.82) is 5.26 Å². The smallest absolute Gasteiger partial charge is 0.227 e. The molecule has 0 bridgehead atoms. The summed E-state index contributed by atoms with van der Waals surface area (Å²) in [7, 11) is 0. The third kappa shape index (κ3) is 3.18. The standard InChI is InChI=1S/C17H23N3O/c1-4-12(2)19-17(21)15-11-13(3)20(10-9-18)16-8-6-5-7-14(15)16/h5-8,12-13,15H,4,10-11H2,1-3H3,(H,19,21)/t12-,13-,15-/m0/s1. The maximum absolute atomic E-state index is 12.5. The van der Waals surface area contributed by atoms with Gasteiger partial charge in [-0.2, -0.15) is 5.26 Å². The molecule has 0 saturated carbocycles. The van der Waals surface area contributed by atoms with Gasteiger partial charge in [0.1, 0.15) is 6.54 Å². The molecular weight excluding hydrogens is 262 g/mol. The summed E-state index contributed by atoms with van der Waals surface area (Å²) in [6.45, 7) is 6.53. The van der Waals surface area contributed by atoms with E-state index in [0.29, 0.717) is 6.54 Å². The van der Waals surface area contributed by atoms with Gasteiger partial charge >= 0.3 is 0 Å². The fraction of sp³-hybridized carbons (Fsp3) is 0.529. The van der Waals surface area contributed by atoms with E-state index in [4.69, 9.17) is 5.26 Å². The van der Waals surface area contributed by atoms with Crippen molar-refractivity contribution in [3.05, 3.63) is 29.8 Å².